The smallest absolute Gasteiger partial charge is 0.257 e. The third-order valence-electron chi connectivity index (χ3n) is 9.64. The fourth-order valence-corrected chi connectivity index (χ4v) is 7.29. The molecule has 2 aromatic carbocycles. The van der Waals surface area contributed by atoms with Gasteiger partial charge in [0.05, 0.1) is 11.8 Å². The number of aromatic nitrogens is 3. The van der Waals surface area contributed by atoms with Crippen LogP contribution in [0.2, 0.25) is 0 Å². The number of carbonyl (C=O) groups is 1. The maximum absolute atomic E-state index is 14.3. The Labute approximate surface area is 275 Å². The van der Waals surface area contributed by atoms with Gasteiger partial charge in [0, 0.05) is 74.6 Å². The number of ether oxygens (including phenoxy) is 2. The maximum Gasteiger partial charge on any atom is 0.257 e. The van der Waals surface area contributed by atoms with Crippen molar-refractivity contribution in [1.29, 1.82) is 0 Å². The second-order valence-electron chi connectivity index (χ2n) is 13.3. The number of fused-ring (bicyclic) bond motifs is 1. The van der Waals surface area contributed by atoms with Crippen molar-refractivity contribution in [2.24, 2.45) is 5.41 Å². The maximum atomic E-state index is 14.3. The van der Waals surface area contributed by atoms with Gasteiger partial charge in [-0.25, -0.2) is 14.4 Å². The summed E-state index contributed by atoms with van der Waals surface area (Å²) < 4.78 is 27.2. The molecular weight excluding hydrogens is 595 g/mol. The zero-order valence-corrected chi connectivity index (χ0v) is 27.2. The molecule has 4 heterocycles. The molecule has 0 atom stereocenters. The summed E-state index contributed by atoms with van der Waals surface area (Å²) in [6.07, 6.45) is 7.99. The minimum atomic E-state index is -0.492. The van der Waals surface area contributed by atoms with E-state index < -0.39 is 5.82 Å². The molecule has 0 bridgehead atoms. The fourth-order valence-electron chi connectivity index (χ4n) is 7.29. The molecular formula is C37H41FN6O3. The first kappa shape index (κ1) is 31.1. The molecule has 1 spiro atoms. The highest BCUT2D eigenvalue weighted by molar-refractivity contribution is 5.97. The number of hydrogen-bond donors (Lipinski definition) is 0. The second-order valence-corrected chi connectivity index (χ2v) is 13.3. The van der Waals surface area contributed by atoms with Crippen molar-refractivity contribution in [3.63, 3.8) is 0 Å². The van der Waals surface area contributed by atoms with Crippen LogP contribution in [0.4, 0.5) is 10.2 Å². The van der Waals surface area contributed by atoms with Crippen LogP contribution in [0.25, 0.3) is 0 Å². The van der Waals surface area contributed by atoms with Crippen molar-refractivity contribution in [1.82, 2.24) is 24.8 Å². The van der Waals surface area contributed by atoms with E-state index in [9.17, 15) is 9.18 Å². The van der Waals surface area contributed by atoms with Crippen molar-refractivity contribution < 1.29 is 18.7 Å². The van der Waals surface area contributed by atoms with Crippen molar-refractivity contribution >= 4 is 11.7 Å². The zero-order valence-electron chi connectivity index (χ0n) is 27.2. The summed E-state index contributed by atoms with van der Waals surface area (Å²) in [5.74, 6) is 1.56. The van der Waals surface area contributed by atoms with Crippen LogP contribution >= 0.6 is 0 Å². The second kappa shape index (κ2) is 12.9. The van der Waals surface area contributed by atoms with E-state index in [-0.39, 0.29) is 34.8 Å². The van der Waals surface area contributed by atoms with Crippen LogP contribution < -0.4 is 14.4 Å². The lowest BCUT2D eigenvalue weighted by Crippen LogP contribution is -2.65. The topological polar surface area (TPSA) is 83.9 Å². The van der Waals surface area contributed by atoms with Crippen molar-refractivity contribution in [3.05, 3.63) is 102 Å². The zero-order chi connectivity index (χ0) is 32.5. The van der Waals surface area contributed by atoms with Gasteiger partial charge in [-0.05, 0) is 63.4 Å². The summed E-state index contributed by atoms with van der Waals surface area (Å²) in [7, 11) is 0. The Morgan fingerprint density at radius 3 is 2.64 bits per heavy atom. The first-order valence-electron chi connectivity index (χ1n) is 16.5. The molecule has 2 aliphatic heterocycles. The number of nitrogens with zero attached hydrogens (tertiary/aromatic N) is 6. The van der Waals surface area contributed by atoms with E-state index >= 15 is 0 Å². The van der Waals surface area contributed by atoms with Crippen LogP contribution in [0.1, 0.15) is 60.8 Å². The van der Waals surface area contributed by atoms with Crippen LogP contribution in [0.3, 0.4) is 0 Å². The van der Waals surface area contributed by atoms with Crippen LogP contribution in [-0.2, 0) is 19.5 Å². The monoisotopic (exact) mass is 636 g/mol. The number of pyridine rings is 1. The largest absolute Gasteiger partial charge is 0.490 e. The quantitative estimate of drug-likeness (QED) is 0.201. The van der Waals surface area contributed by atoms with Crippen LogP contribution in [-0.4, -0.2) is 69.0 Å². The number of benzene rings is 2. The molecule has 0 radical (unpaired) electrons. The minimum Gasteiger partial charge on any atom is -0.490 e. The Morgan fingerprint density at radius 2 is 1.87 bits per heavy atom. The molecule has 2 fully saturated rings. The van der Waals surface area contributed by atoms with E-state index in [0.29, 0.717) is 18.1 Å². The lowest BCUT2D eigenvalue weighted by atomic mass is 9.61. The summed E-state index contributed by atoms with van der Waals surface area (Å²) in [5.41, 5.74) is 4.01. The van der Waals surface area contributed by atoms with Gasteiger partial charge in [-0.3, -0.25) is 14.7 Å². The van der Waals surface area contributed by atoms with E-state index in [1.165, 1.54) is 35.7 Å². The van der Waals surface area contributed by atoms with E-state index in [0.717, 1.165) is 63.4 Å². The lowest BCUT2D eigenvalue weighted by molar-refractivity contribution is -0.0353. The fraction of sp³-hybridized carbons (Fsp3) is 0.405. The van der Waals surface area contributed by atoms with Crippen molar-refractivity contribution in [3.8, 4) is 17.2 Å². The average molecular weight is 637 g/mol. The predicted octanol–water partition coefficient (Wildman–Crippen LogP) is 6.28. The van der Waals surface area contributed by atoms with E-state index in [2.05, 4.69) is 55.1 Å². The van der Waals surface area contributed by atoms with E-state index in [4.69, 9.17) is 9.47 Å². The standard InChI is InChI=1S/C37H41FN6O3/c1-4-44(25(2)3)36(45)29-16-27(38)10-11-32(29)47-34-19-39-24-41-35(34)43-22-37(23-43)17-28(18-37)46-33-12-14-40-31-13-15-42(21-30(31)33)20-26-8-6-5-7-9-26/h5-12,14,16,19,24-25,28H,4,13,15,17-18,20-23H2,1-3H3. The molecule has 3 aliphatic rings. The summed E-state index contributed by atoms with van der Waals surface area (Å²) in [6, 6.07) is 16.6. The summed E-state index contributed by atoms with van der Waals surface area (Å²) in [4.78, 5) is 33.1. The number of halogens is 1. The number of hydrogen-bond acceptors (Lipinski definition) is 8. The molecule has 0 unspecified atom stereocenters. The minimum absolute atomic E-state index is 0.0369. The molecule has 47 heavy (non-hydrogen) atoms. The highest BCUT2D eigenvalue weighted by Gasteiger charge is 2.54. The molecule has 4 aromatic rings. The van der Waals surface area contributed by atoms with E-state index in [1.54, 1.807) is 11.1 Å². The van der Waals surface area contributed by atoms with Crippen molar-refractivity contribution in [2.75, 3.05) is 31.1 Å². The van der Waals surface area contributed by atoms with Crippen LogP contribution in [0.15, 0.2) is 73.3 Å². The van der Waals surface area contributed by atoms with Gasteiger partial charge in [0.2, 0.25) is 0 Å². The summed E-state index contributed by atoms with van der Waals surface area (Å²) >= 11 is 0. The van der Waals surface area contributed by atoms with Gasteiger partial charge in [0.15, 0.2) is 11.6 Å². The Bertz CT molecular complexity index is 1740. The van der Waals surface area contributed by atoms with Gasteiger partial charge in [-0.2, -0.15) is 0 Å². The Balaban J connectivity index is 0.989. The lowest BCUT2D eigenvalue weighted by Gasteiger charge is -2.59. The molecule has 244 valence electrons. The van der Waals surface area contributed by atoms with Gasteiger partial charge in [0.1, 0.15) is 29.7 Å². The average Bonchev–Trinajstić information content (AvgIpc) is 3.03. The van der Waals surface area contributed by atoms with Crippen molar-refractivity contribution in [2.45, 2.75) is 65.3 Å². The molecule has 1 aliphatic carbocycles. The van der Waals surface area contributed by atoms with Gasteiger partial charge in [-0.1, -0.05) is 30.3 Å². The Hall–Kier alpha value is -4.57. The third kappa shape index (κ3) is 6.39. The molecule has 1 saturated heterocycles. The summed E-state index contributed by atoms with van der Waals surface area (Å²) in [6.45, 7) is 10.7. The molecule has 10 heteroatoms. The van der Waals surface area contributed by atoms with Gasteiger partial charge in [0.25, 0.3) is 5.91 Å². The van der Waals surface area contributed by atoms with E-state index in [1.807, 2.05) is 33.0 Å². The highest BCUT2D eigenvalue weighted by atomic mass is 19.1. The molecule has 9 nitrogen and oxygen atoms in total. The molecule has 2 aromatic heterocycles. The highest BCUT2D eigenvalue weighted by Crippen LogP contribution is 2.52. The van der Waals surface area contributed by atoms with Gasteiger partial charge < -0.3 is 19.3 Å². The normalized spacial score (nSPS) is 17.2. The first-order chi connectivity index (χ1) is 22.8. The Kier molecular flexibility index (Phi) is 8.53. The molecule has 0 N–H and O–H groups in total. The first-order valence-corrected chi connectivity index (χ1v) is 16.5. The third-order valence-corrected chi connectivity index (χ3v) is 9.64. The SMILES string of the molecule is CCN(C(=O)c1cc(F)ccc1Oc1cncnc1N1CC2(CC(Oc3ccnc4c3CN(Cc3ccccc3)CC4)C2)C1)C(C)C. The predicted molar refractivity (Wildman–Crippen MR) is 177 cm³/mol. The number of carbonyl (C=O) groups excluding carboxylic acids is 1. The summed E-state index contributed by atoms with van der Waals surface area (Å²) in [5, 5.41) is 0. The number of rotatable bonds is 10. The molecule has 1 amide bonds. The van der Waals surface area contributed by atoms with Crippen LogP contribution in [0.5, 0.6) is 17.2 Å². The van der Waals surface area contributed by atoms with Gasteiger partial charge in [-0.15, -0.1) is 0 Å². The molecule has 1 saturated carbocycles. The molecule has 7 rings (SSSR count). The van der Waals surface area contributed by atoms with Gasteiger partial charge >= 0.3 is 0 Å². The number of anilines is 1. The number of amides is 1. The van der Waals surface area contributed by atoms with Crippen LogP contribution in [0, 0.1) is 11.2 Å². The Morgan fingerprint density at radius 1 is 1.06 bits per heavy atom.